The van der Waals surface area contributed by atoms with Crippen LogP contribution in [0.3, 0.4) is 0 Å². The van der Waals surface area contributed by atoms with E-state index in [1.165, 1.54) is 0 Å². The van der Waals surface area contributed by atoms with E-state index in [0.29, 0.717) is 11.9 Å². The maximum Gasteiger partial charge on any atom is 0.228 e. The van der Waals surface area contributed by atoms with E-state index in [4.69, 9.17) is 0 Å². The van der Waals surface area contributed by atoms with Crippen LogP contribution in [-0.4, -0.2) is 61.5 Å². The van der Waals surface area contributed by atoms with Crippen LogP contribution in [0.15, 0.2) is 0 Å². The Morgan fingerprint density at radius 2 is 2.00 bits per heavy atom. The van der Waals surface area contributed by atoms with E-state index in [2.05, 4.69) is 36.0 Å². The Labute approximate surface area is 117 Å². The van der Waals surface area contributed by atoms with E-state index < -0.39 is 0 Å². The fourth-order valence-electron chi connectivity index (χ4n) is 3.40. The van der Waals surface area contributed by atoms with E-state index in [1.807, 2.05) is 0 Å². The van der Waals surface area contributed by atoms with Gasteiger partial charge >= 0.3 is 0 Å². The van der Waals surface area contributed by atoms with Crippen LogP contribution < -0.4 is 5.32 Å². The van der Waals surface area contributed by atoms with Gasteiger partial charge in [-0.2, -0.15) is 0 Å². The van der Waals surface area contributed by atoms with E-state index >= 15 is 0 Å². The fraction of sp³-hybridized carbons (Fsp3) is 0.933. The van der Waals surface area contributed by atoms with Gasteiger partial charge in [-0.3, -0.25) is 4.79 Å². The third kappa shape index (κ3) is 3.29. The molecule has 1 atom stereocenters. The highest BCUT2D eigenvalue weighted by molar-refractivity contribution is 5.83. The van der Waals surface area contributed by atoms with Gasteiger partial charge in [0.2, 0.25) is 5.91 Å². The molecular formula is C15H29N3O. The summed E-state index contributed by atoms with van der Waals surface area (Å²) in [5, 5.41) is 3.36. The zero-order chi connectivity index (χ0) is 13.9. The molecule has 0 aromatic carbocycles. The Kier molecular flexibility index (Phi) is 4.85. The molecule has 1 unspecified atom stereocenters. The summed E-state index contributed by atoms with van der Waals surface area (Å²) in [6.45, 7) is 9.39. The lowest BCUT2D eigenvalue weighted by Crippen LogP contribution is -2.52. The van der Waals surface area contributed by atoms with Gasteiger partial charge in [-0.05, 0) is 52.4 Å². The number of nitrogens with zero attached hydrogens (tertiary/aromatic N) is 2. The molecule has 2 fully saturated rings. The zero-order valence-electron chi connectivity index (χ0n) is 12.7. The van der Waals surface area contributed by atoms with Gasteiger partial charge in [0.1, 0.15) is 0 Å². The average Bonchev–Trinajstić information content (AvgIpc) is 2.60. The normalized spacial score (nSPS) is 29.0. The van der Waals surface area contributed by atoms with Crippen LogP contribution in [0.25, 0.3) is 0 Å². The number of carbonyl (C=O) groups is 1. The molecule has 0 spiro atoms. The molecule has 2 saturated heterocycles. The molecule has 0 bridgehead atoms. The summed E-state index contributed by atoms with van der Waals surface area (Å²) in [4.78, 5) is 17.5. The number of piperidine rings is 1. The van der Waals surface area contributed by atoms with Crippen molar-refractivity contribution in [2.45, 2.75) is 45.6 Å². The molecule has 0 aromatic rings. The molecule has 4 nitrogen and oxygen atoms in total. The van der Waals surface area contributed by atoms with Gasteiger partial charge < -0.3 is 15.1 Å². The van der Waals surface area contributed by atoms with Crippen LogP contribution in [0.4, 0.5) is 0 Å². The molecule has 19 heavy (non-hydrogen) atoms. The van der Waals surface area contributed by atoms with Crippen molar-refractivity contribution in [3.63, 3.8) is 0 Å². The lowest BCUT2D eigenvalue weighted by molar-refractivity contribution is -0.145. The third-order valence-electron chi connectivity index (χ3n) is 4.86. The van der Waals surface area contributed by atoms with Crippen molar-refractivity contribution in [3.05, 3.63) is 0 Å². The van der Waals surface area contributed by atoms with Crippen molar-refractivity contribution in [1.82, 2.24) is 15.1 Å². The van der Waals surface area contributed by atoms with Gasteiger partial charge in [-0.15, -0.1) is 0 Å². The minimum absolute atomic E-state index is 0.137. The predicted molar refractivity (Wildman–Crippen MR) is 78.1 cm³/mol. The molecule has 0 radical (unpaired) electrons. The first kappa shape index (κ1) is 14.8. The fourth-order valence-corrected chi connectivity index (χ4v) is 3.40. The summed E-state index contributed by atoms with van der Waals surface area (Å²) < 4.78 is 0. The van der Waals surface area contributed by atoms with Gasteiger partial charge in [0.15, 0.2) is 0 Å². The molecule has 1 amide bonds. The highest BCUT2D eigenvalue weighted by atomic mass is 16.2. The summed E-state index contributed by atoms with van der Waals surface area (Å²) in [6, 6.07) is 0.395. The zero-order valence-corrected chi connectivity index (χ0v) is 12.7. The van der Waals surface area contributed by atoms with Crippen molar-refractivity contribution < 1.29 is 4.79 Å². The molecule has 4 heteroatoms. The van der Waals surface area contributed by atoms with E-state index in [-0.39, 0.29) is 5.41 Å². The number of carbonyl (C=O) groups excluding carboxylic acids is 1. The molecule has 2 rings (SSSR count). The van der Waals surface area contributed by atoms with Crippen LogP contribution in [0.1, 0.15) is 39.5 Å². The molecule has 2 aliphatic heterocycles. The lowest BCUT2D eigenvalue weighted by Gasteiger charge is -2.40. The van der Waals surface area contributed by atoms with Gasteiger partial charge in [0.25, 0.3) is 0 Å². The standard InChI is InChI=1S/C15H29N3O/c1-4-13-12-17(3)10-5-11-18(13)14(19)15(2)6-8-16-9-7-15/h13,16H,4-12H2,1-3H3. The smallest absolute Gasteiger partial charge is 0.228 e. The van der Waals surface area contributed by atoms with Gasteiger partial charge in [0, 0.05) is 24.5 Å². The number of likely N-dealkylation sites (N-methyl/N-ethyl adjacent to an activating group) is 1. The predicted octanol–water partition coefficient (Wildman–Crippen LogP) is 1.32. The SMILES string of the molecule is CCC1CN(C)CCCN1C(=O)C1(C)CCNCC1. The first-order valence-corrected chi connectivity index (χ1v) is 7.77. The van der Waals surface area contributed by atoms with Crippen LogP contribution in [0.5, 0.6) is 0 Å². The first-order chi connectivity index (χ1) is 9.07. The third-order valence-corrected chi connectivity index (χ3v) is 4.86. The Bertz CT molecular complexity index is 313. The second-order valence-electron chi connectivity index (χ2n) is 6.49. The molecule has 1 N–H and O–H groups in total. The van der Waals surface area contributed by atoms with Crippen molar-refractivity contribution in [1.29, 1.82) is 0 Å². The van der Waals surface area contributed by atoms with Gasteiger partial charge in [-0.1, -0.05) is 13.8 Å². The van der Waals surface area contributed by atoms with Crippen LogP contribution in [-0.2, 0) is 4.79 Å². The number of nitrogens with one attached hydrogen (secondary N) is 1. The van der Waals surface area contributed by atoms with E-state index in [0.717, 1.165) is 58.4 Å². The molecule has 2 aliphatic rings. The summed E-state index contributed by atoms with van der Waals surface area (Å²) in [6.07, 6.45) is 4.13. The minimum atomic E-state index is -0.137. The Balaban J connectivity index is 2.10. The Morgan fingerprint density at radius 3 is 2.63 bits per heavy atom. The van der Waals surface area contributed by atoms with Crippen LogP contribution in [0.2, 0.25) is 0 Å². The van der Waals surface area contributed by atoms with Crippen molar-refractivity contribution in [2.24, 2.45) is 5.41 Å². The Morgan fingerprint density at radius 1 is 1.32 bits per heavy atom. The second kappa shape index (κ2) is 6.23. The largest absolute Gasteiger partial charge is 0.338 e. The van der Waals surface area contributed by atoms with Gasteiger partial charge in [0.05, 0.1) is 0 Å². The van der Waals surface area contributed by atoms with Gasteiger partial charge in [-0.25, -0.2) is 0 Å². The molecule has 0 aliphatic carbocycles. The van der Waals surface area contributed by atoms with E-state index in [1.54, 1.807) is 0 Å². The number of rotatable bonds is 2. The molecule has 0 aromatic heterocycles. The van der Waals surface area contributed by atoms with Crippen molar-refractivity contribution in [3.8, 4) is 0 Å². The monoisotopic (exact) mass is 267 g/mol. The average molecular weight is 267 g/mol. The highest BCUT2D eigenvalue weighted by Gasteiger charge is 2.40. The Hall–Kier alpha value is -0.610. The number of hydrogen-bond acceptors (Lipinski definition) is 3. The summed E-state index contributed by atoms with van der Waals surface area (Å²) in [5.74, 6) is 0.399. The van der Waals surface area contributed by atoms with Crippen molar-refractivity contribution >= 4 is 5.91 Å². The number of amides is 1. The lowest BCUT2D eigenvalue weighted by atomic mass is 9.79. The van der Waals surface area contributed by atoms with E-state index in [9.17, 15) is 4.79 Å². The summed E-state index contributed by atoms with van der Waals surface area (Å²) in [5.41, 5.74) is -0.137. The maximum atomic E-state index is 13.0. The maximum absolute atomic E-state index is 13.0. The molecular weight excluding hydrogens is 238 g/mol. The first-order valence-electron chi connectivity index (χ1n) is 7.77. The van der Waals surface area contributed by atoms with Crippen molar-refractivity contribution in [2.75, 3.05) is 39.8 Å². The number of hydrogen-bond donors (Lipinski definition) is 1. The van der Waals surface area contributed by atoms with Crippen LogP contribution >= 0.6 is 0 Å². The summed E-state index contributed by atoms with van der Waals surface area (Å²) in [7, 11) is 2.17. The molecule has 0 saturated carbocycles. The second-order valence-corrected chi connectivity index (χ2v) is 6.49. The highest BCUT2D eigenvalue weighted by Crippen LogP contribution is 2.32. The quantitative estimate of drug-likeness (QED) is 0.819. The van der Waals surface area contributed by atoms with Crippen LogP contribution in [0, 0.1) is 5.41 Å². The topological polar surface area (TPSA) is 35.6 Å². The summed E-state index contributed by atoms with van der Waals surface area (Å²) >= 11 is 0. The molecule has 2 heterocycles. The molecule has 110 valence electrons. The minimum Gasteiger partial charge on any atom is -0.338 e.